The highest BCUT2D eigenvalue weighted by molar-refractivity contribution is 7.99. The van der Waals surface area contributed by atoms with Gasteiger partial charge in [-0.25, -0.2) is 13.6 Å². The second-order valence-corrected chi connectivity index (χ2v) is 9.49. The maximum absolute atomic E-state index is 12.7. The SMILES string of the molecule is CC(c1cccc(S(N)(=O)=O)c1)N(C)C(=O)CSc1nncn1-c1cccc(Cl)c1. The summed E-state index contributed by atoms with van der Waals surface area (Å²) in [6.45, 7) is 1.82. The quantitative estimate of drug-likeness (QED) is 0.537. The molecule has 0 radical (unpaired) electrons. The molecule has 2 N–H and O–H groups in total. The number of nitrogens with two attached hydrogens (primary N) is 1. The number of sulfonamides is 1. The van der Waals surface area contributed by atoms with Crippen LogP contribution < -0.4 is 5.14 Å². The highest BCUT2D eigenvalue weighted by Gasteiger charge is 2.20. The normalized spacial score (nSPS) is 12.5. The fourth-order valence-electron chi connectivity index (χ4n) is 2.74. The molecule has 0 aliphatic rings. The summed E-state index contributed by atoms with van der Waals surface area (Å²) in [4.78, 5) is 14.3. The van der Waals surface area contributed by atoms with Crippen molar-refractivity contribution in [2.45, 2.75) is 23.0 Å². The third-order valence-corrected chi connectivity index (χ3v) is 6.64. The molecule has 3 aromatic rings. The van der Waals surface area contributed by atoms with Gasteiger partial charge in [0.2, 0.25) is 15.9 Å². The third-order valence-electron chi connectivity index (χ3n) is 4.57. The van der Waals surface area contributed by atoms with Crippen molar-refractivity contribution >= 4 is 39.3 Å². The third kappa shape index (κ3) is 5.20. The van der Waals surface area contributed by atoms with Gasteiger partial charge in [0, 0.05) is 12.1 Å². The van der Waals surface area contributed by atoms with E-state index in [0.717, 1.165) is 5.69 Å². The van der Waals surface area contributed by atoms with Gasteiger partial charge in [-0.05, 0) is 42.8 Å². The Labute approximate surface area is 184 Å². The monoisotopic (exact) mass is 465 g/mol. The number of hydrogen-bond acceptors (Lipinski definition) is 6. The molecular weight excluding hydrogens is 446 g/mol. The van der Waals surface area contributed by atoms with Crippen molar-refractivity contribution in [3.05, 3.63) is 65.4 Å². The van der Waals surface area contributed by atoms with Crippen LogP contribution in [0.1, 0.15) is 18.5 Å². The van der Waals surface area contributed by atoms with E-state index < -0.39 is 10.0 Å². The lowest BCUT2D eigenvalue weighted by molar-refractivity contribution is -0.128. The van der Waals surface area contributed by atoms with Crippen molar-refractivity contribution in [1.82, 2.24) is 19.7 Å². The van der Waals surface area contributed by atoms with E-state index in [1.165, 1.54) is 23.9 Å². The van der Waals surface area contributed by atoms with Crippen molar-refractivity contribution in [2.75, 3.05) is 12.8 Å². The molecule has 0 aliphatic heterocycles. The number of hydrogen-bond donors (Lipinski definition) is 1. The molecule has 0 fully saturated rings. The highest BCUT2D eigenvalue weighted by atomic mass is 35.5. The molecule has 158 valence electrons. The van der Waals surface area contributed by atoms with Gasteiger partial charge in [-0.1, -0.05) is 41.6 Å². The van der Waals surface area contributed by atoms with Crippen LogP contribution in [0.5, 0.6) is 0 Å². The first kappa shape index (κ1) is 22.3. The number of benzene rings is 2. The van der Waals surface area contributed by atoms with E-state index >= 15 is 0 Å². The van der Waals surface area contributed by atoms with E-state index in [0.29, 0.717) is 15.7 Å². The van der Waals surface area contributed by atoms with Gasteiger partial charge in [-0.2, -0.15) is 0 Å². The summed E-state index contributed by atoms with van der Waals surface area (Å²) in [5, 5.41) is 14.3. The molecule has 1 atom stereocenters. The molecule has 0 spiro atoms. The van der Waals surface area contributed by atoms with E-state index in [1.54, 1.807) is 47.1 Å². The lowest BCUT2D eigenvalue weighted by atomic mass is 10.1. The van der Waals surface area contributed by atoms with E-state index in [4.69, 9.17) is 16.7 Å². The van der Waals surface area contributed by atoms with Gasteiger partial charge >= 0.3 is 0 Å². The van der Waals surface area contributed by atoms with Crippen LogP contribution in [-0.4, -0.2) is 46.8 Å². The number of aromatic nitrogens is 3. The van der Waals surface area contributed by atoms with Crippen molar-refractivity contribution in [2.24, 2.45) is 5.14 Å². The Hall–Kier alpha value is -2.40. The van der Waals surface area contributed by atoms with Gasteiger partial charge < -0.3 is 4.90 Å². The predicted octanol–water partition coefficient (Wildman–Crippen LogP) is 2.88. The van der Waals surface area contributed by atoms with Crippen LogP contribution >= 0.6 is 23.4 Å². The van der Waals surface area contributed by atoms with E-state index in [-0.39, 0.29) is 22.6 Å². The predicted molar refractivity (Wildman–Crippen MR) is 116 cm³/mol. The second kappa shape index (κ2) is 9.17. The Bertz CT molecular complexity index is 1170. The maximum Gasteiger partial charge on any atom is 0.238 e. The van der Waals surface area contributed by atoms with Gasteiger partial charge in [-0.3, -0.25) is 9.36 Å². The number of carbonyl (C=O) groups excluding carboxylic acids is 1. The highest BCUT2D eigenvalue weighted by Crippen LogP contribution is 2.25. The summed E-state index contributed by atoms with van der Waals surface area (Å²) in [7, 11) is -2.15. The second-order valence-electron chi connectivity index (χ2n) is 6.55. The minimum atomic E-state index is -3.81. The summed E-state index contributed by atoms with van der Waals surface area (Å²) in [6, 6.07) is 13.2. The first-order valence-electron chi connectivity index (χ1n) is 8.84. The molecule has 1 heterocycles. The number of thioether (sulfide) groups is 1. The minimum Gasteiger partial charge on any atom is -0.338 e. The molecule has 3 rings (SSSR count). The number of halogens is 1. The minimum absolute atomic E-state index is 0.0108. The zero-order chi connectivity index (χ0) is 21.9. The average molecular weight is 466 g/mol. The Morgan fingerprint density at radius 1 is 1.27 bits per heavy atom. The van der Waals surface area contributed by atoms with Gasteiger partial charge in [0.1, 0.15) is 6.33 Å². The summed E-state index contributed by atoms with van der Waals surface area (Å²) in [5.74, 6) is -0.0104. The molecule has 0 bridgehead atoms. The van der Waals surface area contributed by atoms with E-state index in [1.807, 2.05) is 19.1 Å². The lowest BCUT2D eigenvalue weighted by Gasteiger charge is -2.25. The number of carbonyl (C=O) groups is 1. The van der Waals surface area contributed by atoms with Crippen LogP contribution in [-0.2, 0) is 14.8 Å². The van der Waals surface area contributed by atoms with Crippen LogP contribution in [0.15, 0.2) is 64.9 Å². The van der Waals surface area contributed by atoms with E-state index in [2.05, 4.69) is 10.2 Å². The van der Waals surface area contributed by atoms with Gasteiger partial charge in [-0.15, -0.1) is 10.2 Å². The van der Waals surface area contributed by atoms with Crippen LogP contribution in [0.25, 0.3) is 5.69 Å². The van der Waals surface area contributed by atoms with Gasteiger partial charge in [0.25, 0.3) is 0 Å². The standard InChI is InChI=1S/C19H20ClN5O3S2/c1-13(14-5-3-8-17(9-14)30(21,27)28)24(2)18(26)11-29-19-23-22-12-25(19)16-7-4-6-15(20)10-16/h3-10,12-13H,11H2,1-2H3,(H2,21,27,28). The molecule has 0 saturated carbocycles. The number of primary sulfonamides is 1. The maximum atomic E-state index is 12.7. The molecule has 1 aromatic heterocycles. The molecule has 8 nitrogen and oxygen atoms in total. The van der Waals surface area contributed by atoms with Crippen molar-refractivity contribution in [3.63, 3.8) is 0 Å². The Morgan fingerprint density at radius 3 is 2.70 bits per heavy atom. The molecular formula is C19H20ClN5O3S2. The fourth-order valence-corrected chi connectivity index (χ4v) is 4.35. The molecule has 30 heavy (non-hydrogen) atoms. The Balaban J connectivity index is 1.69. The summed E-state index contributed by atoms with van der Waals surface area (Å²) in [6.07, 6.45) is 1.56. The lowest BCUT2D eigenvalue weighted by Crippen LogP contribution is -2.31. The van der Waals surface area contributed by atoms with Crippen LogP contribution in [0.3, 0.4) is 0 Å². The molecule has 0 saturated heterocycles. The smallest absolute Gasteiger partial charge is 0.238 e. The number of nitrogens with zero attached hydrogens (tertiary/aromatic N) is 4. The van der Waals surface area contributed by atoms with Crippen LogP contribution in [0.2, 0.25) is 5.02 Å². The average Bonchev–Trinajstić information content (AvgIpc) is 3.19. The molecule has 2 aromatic carbocycles. The topological polar surface area (TPSA) is 111 Å². The Morgan fingerprint density at radius 2 is 2.00 bits per heavy atom. The molecule has 11 heteroatoms. The Kier molecular flexibility index (Phi) is 6.81. The summed E-state index contributed by atoms with van der Waals surface area (Å²) in [5.41, 5.74) is 1.47. The molecule has 0 aliphatic carbocycles. The van der Waals surface area contributed by atoms with Gasteiger partial charge in [0.15, 0.2) is 5.16 Å². The van der Waals surface area contributed by atoms with Crippen molar-refractivity contribution in [1.29, 1.82) is 0 Å². The number of rotatable bonds is 7. The largest absolute Gasteiger partial charge is 0.338 e. The van der Waals surface area contributed by atoms with Crippen LogP contribution in [0.4, 0.5) is 0 Å². The summed E-state index contributed by atoms with van der Waals surface area (Å²) < 4.78 is 24.9. The molecule has 1 amide bonds. The first-order valence-corrected chi connectivity index (χ1v) is 11.7. The van der Waals surface area contributed by atoms with Crippen LogP contribution in [0, 0.1) is 0 Å². The number of amides is 1. The zero-order valence-electron chi connectivity index (χ0n) is 16.3. The fraction of sp³-hybridized carbons (Fsp3) is 0.211. The van der Waals surface area contributed by atoms with E-state index in [9.17, 15) is 13.2 Å². The molecule has 1 unspecified atom stereocenters. The zero-order valence-corrected chi connectivity index (χ0v) is 18.7. The summed E-state index contributed by atoms with van der Waals surface area (Å²) >= 11 is 7.30. The van der Waals surface area contributed by atoms with Crippen molar-refractivity contribution < 1.29 is 13.2 Å². The first-order chi connectivity index (χ1) is 14.2. The van der Waals surface area contributed by atoms with Gasteiger partial charge in [0.05, 0.1) is 22.4 Å². The van der Waals surface area contributed by atoms with Crippen molar-refractivity contribution in [3.8, 4) is 5.69 Å².